The predicted octanol–water partition coefficient (Wildman–Crippen LogP) is 8.88. The number of esters is 2. The van der Waals surface area contributed by atoms with Crippen LogP contribution in [0.2, 0.25) is 18.1 Å². The summed E-state index contributed by atoms with van der Waals surface area (Å²) in [5.41, 5.74) is -1.25. The fourth-order valence-electron chi connectivity index (χ4n) is 8.74. The number of nitrogens with zero attached hydrogens (tertiary/aromatic N) is 2. The maximum absolute atomic E-state index is 14.9. The smallest absolute Gasteiger partial charge is 0.313 e. The zero-order chi connectivity index (χ0) is 42.4. The van der Waals surface area contributed by atoms with Crippen LogP contribution in [-0.2, 0) is 35.1 Å². The number of hydrogen-bond donors (Lipinski definition) is 0. The normalized spacial score (nSPS) is 27.4. The van der Waals surface area contributed by atoms with E-state index in [0.717, 1.165) is 19.3 Å². The molecule has 0 radical (unpaired) electrons. The highest BCUT2D eigenvalue weighted by molar-refractivity contribution is 6.74. The maximum atomic E-state index is 14.9. The van der Waals surface area contributed by atoms with Gasteiger partial charge in [-0.15, -0.1) is 0 Å². The number of aromatic nitrogens is 1. The van der Waals surface area contributed by atoms with Gasteiger partial charge in [0.05, 0.1) is 54.2 Å². The highest BCUT2D eigenvalue weighted by atomic mass is 28.4. The Balaban J connectivity index is 1.40. The molecule has 1 aromatic carbocycles. The van der Waals surface area contributed by atoms with Crippen molar-refractivity contribution >= 4 is 48.6 Å². The Labute approximate surface area is 345 Å². The van der Waals surface area contributed by atoms with Crippen molar-refractivity contribution in [2.24, 2.45) is 17.3 Å². The predicted molar refractivity (Wildman–Crippen MR) is 224 cm³/mol. The molecule has 5 atom stereocenters. The number of ketones is 2. The van der Waals surface area contributed by atoms with E-state index in [1.807, 2.05) is 31.2 Å². The number of fused-ring (bicyclic) bond motifs is 5. The molecule has 316 valence electrons. The summed E-state index contributed by atoms with van der Waals surface area (Å²) in [6, 6.07) is 4.71. The zero-order valence-electron chi connectivity index (χ0n) is 36.4. The largest absolute Gasteiger partial charge is 0.543 e. The minimum Gasteiger partial charge on any atom is -0.543 e. The van der Waals surface area contributed by atoms with Crippen LogP contribution in [0.4, 0.5) is 0 Å². The lowest BCUT2D eigenvalue weighted by Crippen LogP contribution is -2.48. The van der Waals surface area contributed by atoms with E-state index in [4.69, 9.17) is 23.6 Å². The first kappa shape index (κ1) is 43.5. The van der Waals surface area contributed by atoms with Crippen molar-refractivity contribution in [2.45, 2.75) is 161 Å². The van der Waals surface area contributed by atoms with Gasteiger partial charge in [-0.05, 0) is 102 Å². The number of rotatable bonds is 7. The molecule has 2 fully saturated rings. The van der Waals surface area contributed by atoms with Gasteiger partial charge < -0.3 is 23.5 Å². The molecule has 2 aromatic rings. The second-order valence-electron chi connectivity index (χ2n) is 19.6. The van der Waals surface area contributed by atoms with Gasteiger partial charge in [0, 0.05) is 24.1 Å². The summed E-state index contributed by atoms with van der Waals surface area (Å²) in [5, 5.41) is 0.607. The van der Waals surface area contributed by atoms with Crippen molar-refractivity contribution < 1.29 is 42.6 Å². The maximum Gasteiger partial charge on any atom is 0.313 e. The molecule has 58 heavy (non-hydrogen) atoms. The number of hydrogen-bond acceptors (Lipinski definition) is 10. The van der Waals surface area contributed by atoms with Crippen molar-refractivity contribution in [3.8, 4) is 11.5 Å². The molecule has 4 heterocycles. The lowest BCUT2D eigenvalue weighted by Gasteiger charge is -2.37. The molecule has 3 aliphatic heterocycles. The molecular formula is C46H64N2O9Si. The second-order valence-corrected chi connectivity index (χ2v) is 24.3. The molecule has 1 saturated carbocycles. The second kappa shape index (κ2) is 16.2. The highest BCUT2D eigenvalue weighted by Gasteiger charge is 2.63. The summed E-state index contributed by atoms with van der Waals surface area (Å²) in [7, 11) is -2.21. The Morgan fingerprint density at radius 3 is 2.41 bits per heavy atom. The van der Waals surface area contributed by atoms with E-state index < -0.39 is 48.8 Å². The summed E-state index contributed by atoms with van der Waals surface area (Å²) in [4.78, 5) is 77.6. The van der Waals surface area contributed by atoms with Crippen molar-refractivity contribution in [2.75, 3.05) is 13.2 Å². The fourth-order valence-corrected chi connectivity index (χ4v) is 9.76. The number of ether oxygens (including phenoxy) is 3. The molecule has 11 nitrogen and oxygen atoms in total. The van der Waals surface area contributed by atoms with Gasteiger partial charge in [0.1, 0.15) is 17.0 Å². The van der Waals surface area contributed by atoms with E-state index in [1.165, 1.54) is 0 Å². The van der Waals surface area contributed by atoms with Crippen molar-refractivity contribution in [3.63, 3.8) is 0 Å². The quantitative estimate of drug-likeness (QED) is 0.151. The minimum absolute atomic E-state index is 0.0241. The first-order valence-electron chi connectivity index (χ1n) is 21.4. The van der Waals surface area contributed by atoms with Gasteiger partial charge in [-0.2, -0.15) is 0 Å². The highest BCUT2D eigenvalue weighted by Crippen LogP contribution is 2.58. The summed E-state index contributed by atoms with van der Waals surface area (Å²) in [6.07, 6.45) is 8.58. The monoisotopic (exact) mass is 816 g/mol. The average Bonchev–Trinajstić information content (AvgIpc) is 3.70. The SMILES string of the molecule is CCOC(=O)[C@]12CC(=O)[C@@H]3C[C@]4(CC(=O)c5c(c(CC)nc6ccc(O[Si](C)(C)C(C)(C)C)cc56)O4)CN3C(=O)[C@@H](CC(=O)OC(C)(C)C)CCCCC/C=C\[C@@H]1C2. The van der Waals surface area contributed by atoms with Crippen molar-refractivity contribution in [1.29, 1.82) is 0 Å². The summed E-state index contributed by atoms with van der Waals surface area (Å²) in [5.74, 6) is -1.50. The number of carbonyl (C=O) groups is 5. The van der Waals surface area contributed by atoms with Crippen molar-refractivity contribution in [3.05, 3.63) is 41.6 Å². The standard InChI is InChI=1S/C46H64N2O9Si/c1-11-33-40-39(32-23-31(20-21-34(32)47-33)57-58(9,10)44(6,7)8)37(50)26-45(56-40)25-35-36(49)27-46(42(53)54-12-2)24-30(46)19-17-15-13-14-16-18-29(41(52)48(35)28-45)22-38(51)55-43(3,4)5/h17,19-21,23,29-30,35H,11-16,18,22,24-28H2,1-10H3/b19-17-/t29-,30-,35+,45+,46-/m1/s1. The molecule has 0 bridgehead atoms. The van der Waals surface area contributed by atoms with E-state index >= 15 is 0 Å². The molecule has 1 saturated heterocycles. The number of pyridine rings is 1. The first-order chi connectivity index (χ1) is 27.1. The Hall–Kier alpha value is -4.06. The first-order valence-corrected chi connectivity index (χ1v) is 24.3. The van der Waals surface area contributed by atoms with Gasteiger partial charge in [-0.1, -0.05) is 52.7 Å². The van der Waals surface area contributed by atoms with Crippen LogP contribution in [0.15, 0.2) is 30.4 Å². The molecule has 1 aliphatic carbocycles. The molecule has 4 aliphatic rings. The number of allylic oxidation sites excluding steroid dienone is 2. The third-order valence-electron chi connectivity index (χ3n) is 12.9. The molecule has 1 aromatic heterocycles. The number of carbonyl (C=O) groups excluding carboxylic acids is 5. The summed E-state index contributed by atoms with van der Waals surface area (Å²) in [6.45, 7) is 20.1. The van der Waals surface area contributed by atoms with Crippen LogP contribution in [0.3, 0.4) is 0 Å². The molecule has 0 N–H and O–H groups in total. The Morgan fingerprint density at radius 2 is 1.74 bits per heavy atom. The lowest BCUT2D eigenvalue weighted by atomic mass is 9.84. The topological polar surface area (TPSA) is 138 Å². The molecule has 1 spiro atoms. The third kappa shape index (κ3) is 8.92. The number of Topliss-reactive ketones (excluding diaryl/α,β-unsaturated/α-hetero) is 2. The number of amides is 1. The lowest BCUT2D eigenvalue weighted by molar-refractivity contribution is -0.159. The van der Waals surface area contributed by atoms with Gasteiger partial charge in [0.25, 0.3) is 0 Å². The molecule has 6 rings (SSSR count). The van der Waals surface area contributed by atoms with Crippen LogP contribution in [-0.4, -0.2) is 78.0 Å². The van der Waals surface area contributed by atoms with Crippen LogP contribution < -0.4 is 9.16 Å². The van der Waals surface area contributed by atoms with Gasteiger partial charge in [0.15, 0.2) is 17.3 Å². The Morgan fingerprint density at radius 1 is 1.00 bits per heavy atom. The molecule has 1 amide bonds. The van der Waals surface area contributed by atoms with Crippen LogP contribution >= 0.6 is 0 Å². The summed E-state index contributed by atoms with van der Waals surface area (Å²) >= 11 is 0. The Kier molecular flexibility index (Phi) is 12.1. The van der Waals surface area contributed by atoms with E-state index in [-0.39, 0.29) is 67.3 Å². The van der Waals surface area contributed by atoms with Crippen LogP contribution in [0.1, 0.15) is 136 Å². The van der Waals surface area contributed by atoms with E-state index in [2.05, 4.69) is 39.9 Å². The van der Waals surface area contributed by atoms with E-state index in [9.17, 15) is 24.0 Å². The number of benzene rings is 1. The van der Waals surface area contributed by atoms with E-state index in [0.29, 0.717) is 59.3 Å². The fraction of sp³-hybridized carbons (Fsp3) is 0.652. The van der Waals surface area contributed by atoms with Gasteiger partial charge in [-0.3, -0.25) is 24.0 Å². The molecule has 12 heteroatoms. The van der Waals surface area contributed by atoms with E-state index in [1.54, 1.807) is 32.6 Å². The van der Waals surface area contributed by atoms with Gasteiger partial charge in [0.2, 0.25) is 14.2 Å². The molecule has 0 unspecified atom stereocenters. The van der Waals surface area contributed by atoms with Crippen molar-refractivity contribution in [1.82, 2.24) is 9.88 Å². The molecular weight excluding hydrogens is 753 g/mol. The number of aryl methyl sites for hydroxylation is 1. The minimum atomic E-state index is -2.21. The van der Waals surface area contributed by atoms with Crippen LogP contribution in [0.25, 0.3) is 10.9 Å². The zero-order valence-corrected chi connectivity index (χ0v) is 37.4. The Bertz CT molecular complexity index is 1990. The third-order valence-corrected chi connectivity index (χ3v) is 17.3. The summed E-state index contributed by atoms with van der Waals surface area (Å²) < 4.78 is 24.9. The van der Waals surface area contributed by atoms with Crippen LogP contribution in [0.5, 0.6) is 11.5 Å². The van der Waals surface area contributed by atoms with Gasteiger partial charge in [-0.25, -0.2) is 4.98 Å². The van der Waals surface area contributed by atoms with Gasteiger partial charge >= 0.3 is 11.9 Å². The average molecular weight is 817 g/mol. The van der Waals surface area contributed by atoms with Crippen LogP contribution in [0, 0.1) is 17.3 Å².